The average molecular weight is 182 g/mol. The fourth-order valence-electron chi connectivity index (χ4n) is 1.15. The highest BCUT2D eigenvalue weighted by atomic mass is 16.5. The van der Waals surface area contributed by atoms with E-state index in [-0.39, 0.29) is 6.10 Å². The summed E-state index contributed by atoms with van der Waals surface area (Å²) in [5, 5.41) is 7.01. The summed E-state index contributed by atoms with van der Waals surface area (Å²) in [7, 11) is 0. The fourth-order valence-corrected chi connectivity index (χ4v) is 1.15. The molecule has 4 heteroatoms. The van der Waals surface area contributed by atoms with Gasteiger partial charge < -0.3 is 4.74 Å². The number of ether oxygens (including phenoxy) is 1. The van der Waals surface area contributed by atoms with Gasteiger partial charge in [-0.05, 0) is 26.3 Å². The topological polar surface area (TPSA) is 55.0 Å². The number of nitrogens with one attached hydrogen (secondary N) is 1. The quantitative estimate of drug-likeness (QED) is 0.710. The van der Waals surface area contributed by atoms with Crippen molar-refractivity contribution in [3.63, 3.8) is 0 Å². The number of aryl methyl sites for hydroxylation is 1. The van der Waals surface area contributed by atoms with Gasteiger partial charge >= 0.3 is 0 Å². The van der Waals surface area contributed by atoms with Gasteiger partial charge in [0.15, 0.2) is 0 Å². The number of hydrogen-bond acceptors (Lipinski definition) is 3. The molecule has 0 amide bonds. The Morgan fingerprint density at radius 3 is 2.77 bits per heavy atom. The number of carbonyl (C=O) groups excluding carboxylic acids is 1. The van der Waals surface area contributed by atoms with Crippen molar-refractivity contribution < 1.29 is 9.53 Å². The molecule has 1 heterocycles. The molecule has 0 aromatic carbocycles. The van der Waals surface area contributed by atoms with Crippen molar-refractivity contribution >= 4 is 6.47 Å². The monoisotopic (exact) mass is 182 g/mol. The summed E-state index contributed by atoms with van der Waals surface area (Å²) in [6, 6.07) is 0. The first-order valence-electron chi connectivity index (χ1n) is 4.24. The van der Waals surface area contributed by atoms with Crippen LogP contribution in [0.3, 0.4) is 0 Å². The van der Waals surface area contributed by atoms with Crippen LogP contribution in [0.1, 0.15) is 23.9 Å². The molecular formula is C9H14N2O2. The third-order valence-electron chi connectivity index (χ3n) is 2.12. The Bertz CT molecular complexity index is 294. The zero-order valence-electron chi connectivity index (χ0n) is 8.13. The molecule has 1 aromatic rings. The maximum absolute atomic E-state index is 10.0. The summed E-state index contributed by atoms with van der Waals surface area (Å²) in [6.45, 7) is 6.29. The molecule has 72 valence electrons. The lowest BCUT2D eigenvalue weighted by Gasteiger charge is -2.07. The largest absolute Gasteiger partial charge is 0.464 e. The highest BCUT2D eigenvalue weighted by Gasteiger charge is 2.10. The second-order valence-corrected chi connectivity index (χ2v) is 3.17. The first kappa shape index (κ1) is 9.77. The molecule has 0 aliphatic rings. The number of H-pyrrole nitrogens is 1. The number of aromatic amines is 1. The van der Waals surface area contributed by atoms with Crippen LogP contribution in [-0.4, -0.2) is 22.8 Å². The normalized spacial score (nSPS) is 12.5. The van der Waals surface area contributed by atoms with Crippen LogP contribution in [0.15, 0.2) is 0 Å². The lowest BCUT2D eigenvalue weighted by molar-refractivity contribution is -0.132. The predicted octanol–water partition coefficient (Wildman–Crippen LogP) is 1.13. The number of rotatable bonds is 4. The van der Waals surface area contributed by atoms with Crippen LogP contribution in [-0.2, 0) is 16.0 Å². The molecule has 0 fully saturated rings. The van der Waals surface area contributed by atoms with Crippen molar-refractivity contribution in [3.05, 3.63) is 17.0 Å². The summed E-state index contributed by atoms with van der Waals surface area (Å²) >= 11 is 0. The van der Waals surface area contributed by atoms with Crippen LogP contribution in [0, 0.1) is 13.8 Å². The Kier molecular flexibility index (Phi) is 3.06. The van der Waals surface area contributed by atoms with Gasteiger partial charge in [-0.1, -0.05) is 0 Å². The molecule has 0 spiro atoms. The van der Waals surface area contributed by atoms with Crippen LogP contribution in [0.4, 0.5) is 0 Å². The maximum atomic E-state index is 10.0. The first-order valence-corrected chi connectivity index (χ1v) is 4.24. The van der Waals surface area contributed by atoms with E-state index in [4.69, 9.17) is 4.74 Å². The molecule has 1 aromatic heterocycles. The minimum Gasteiger partial charge on any atom is -0.464 e. The number of aromatic nitrogens is 2. The smallest absolute Gasteiger partial charge is 0.293 e. The van der Waals surface area contributed by atoms with Crippen molar-refractivity contribution in [1.29, 1.82) is 0 Å². The molecule has 0 radical (unpaired) electrons. The van der Waals surface area contributed by atoms with E-state index >= 15 is 0 Å². The zero-order valence-corrected chi connectivity index (χ0v) is 8.13. The molecule has 1 N–H and O–H groups in total. The van der Waals surface area contributed by atoms with E-state index in [0.29, 0.717) is 12.9 Å². The summed E-state index contributed by atoms with van der Waals surface area (Å²) in [6.07, 6.45) is 0.549. The fraction of sp³-hybridized carbons (Fsp3) is 0.556. The molecule has 1 rings (SSSR count). The van der Waals surface area contributed by atoms with E-state index in [2.05, 4.69) is 10.2 Å². The van der Waals surface area contributed by atoms with E-state index in [1.54, 1.807) is 0 Å². The number of nitrogens with zero attached hydrogens (tertiary/aromatic N) is 1. The molecule has 0 aliphatic heterocycles. The van der Waals surface area contributed by atoms with Crippen LogP contribution < -0.4 is 0 Å². The lowest BCUT2D eigenvalue weighted by Crippen LogP contribution is -2.11. The second kappa shape index (κ2) is 4.07. The maximum Gasteiger partial charge on any atom is 0.293 e. The average Bonchev–Trinajstić information content (AvgIpc) is 2.37. The Morgan fingerprint density at radius 1 is 1.62 bits per heavy atom. The van der Waals surface area contributed by atoms with E-state index in [1.165, 1.54) is 0 Å². The Balaban J connectivity index is 2.63. The first-order chi connectivity index (χ1) is 6.15. The Hall–Kier alpha value is -1.32. The zero-order chi connectivity index (χ0) is 9.84. The molecule has 1 unspecified atom stereocenters. The summed E-state index contributed by atoms with van der Waals surface area (Å²) < 4.78 is 4.78. The van der Waals surface area contributed by atoms with Crippen LogP contribution >= 0.6 is 0 Å². The SMILES string of the molecule is Cc1[nH]nc(CC(C)OC=O)c1C. The standard InChI is InChI=1S/C9H14N2O2/c1-6(13-5-12)4-9-7(2)8(3)10-11-9/h5-6H,4H2,1-3H3,(H,10,11). The molecule has 0 saturated carbocycles. The van der Waals surface area contributed by atoms with E-state index in [9.17, 15) is 4.79 Å². The molecule has 4 nitrogen and oxygen atoms in total. The molecule has 0 aliphatic carbocycles. The van der Waals surface area contributed by atoms with Crippen molar-refractivity contribution in [2.24, 2.45) is 0 Å². The summed E-state index contributed by atoms with van der Waals surface area (Å²) in [5.74, 6) is 0. The van der Waals surface area contributed by atoms with E-state index in [1.807, 2.05) is 20.8 Å². The highest BCUT2D eigenvalue weighted by Crippen LogP contribution is 2.11. The van der Waals surface area contributed by atoms with Crippen LogP contribution in [0.5, 0.6) is 0 Å². The predicted molar refractivity (Wildman–Crippen MR) is 48.4 cm³/mol. The van der Waals surface area contributed by atoms with Gasteiger partial charge in [-0.25, -0.2) is 0 Å². The molecule has 13 heavy (non-hydrogen) atoms. The number of hydrogen-bond donors (Lipinski definition) is 1. The minimum atomic E-state index is -0.112. The minimum absolute atomic E-state index is 0.112. The van der Waals surface area contributed by atoms with Gasteiger partial charge in [-0.2, -0.15) is 5.10 Å². The highest BCUT2D eigenvalue weighted by molar-refractivity contribution is 5.37. The van der Waals surface area contributed by atoms with E-state index in [0.717, 1.165) is 17.0 Å². The van der Waals surface area contributed by atoms with Crippen molar-refractivity contribution in [2.45, 2.75) is 33.3 Å². The van der Waals surface area contributed by atoms with Gasteiger partial charge in [0.05, 0.1) is 5.69 Å². The van der Waals surface area contributed by atoms with E-state index < -0.39 is 0 Å². The van der Waals surface area contributed by atoms with Gasteiger partial charge in [0, 0.05) is 12.1 Å². The van der Waals surface area contributed by atoms with Gasteiger partial charge in [0.25, 0.3) is 6.47 Å². The summed E-state index contributed by atoms with van der Waals surface area (Å²) in [4.78, 5) is 10.0. The molecule has 1 atom stereocenters. The molecular weight excluding hydrogens is 168 g/mol. The van der Waals surface area contributed by atoms with Crippen molar-refractivity contribution in [3.8, 4) is 0 Å². The van der Waals surface area contributed by atoms with Crippen molar-refractivity contribution in [2.75, 3.05) is 0 Å². The molecule has 0 bridgehead atoms. The van der Waals surface area contributed by atoms with Crippen molar-refractivity contribution in [1.82, 2.24) is 10.2 Å². The molecule has 0 saturated heterocycles. The van der Waals surface area contributed by atoms with Gasteiger partial charge in [-0.15, -0.1) is 0 Å². The van der Waals surface area contributed by atoms with Gasteiger partial charge in [0.2, 0.25) is 0 Å². The second-order valence-electron chi connectivity index (χ2n) is 3.17. The van der Waals surface area contributed by atoms with Gasteiger partial charge in [-0.3, -0.25) is 9.89 Å². The third kappa shape index (κ3) is 2.31. The Morgan fingerprint density at radius 2 is 2.31 bits per heavy atom. The van der Waals surface area contributed by atoms with Crippen LogP contribution in [0.25, 0.3) is 0 Å². The third-order valence-corrected chi connectivity index (χ3v) is 2.12. The number of carbonyl (C=O) groups is 1. The lowest BCUT2D eigenvalue weighted by atomic mass is 10.1. The van der Waals surface area contributed by atoms with Crippen LogP contribution in [0.2, 0.25) is 0 Å². The van der Waals surface area contributed by atoms with Gasteiger partial charge in [0.1, 0.15) is 6.10 Å². The summed E-state index contributed by atoms with van der Waals surface area (Å²) in [5.41, 5.74) is 3.17. The Labute approximate surface area is 77.3 Å².